The number of benzene rings is 2. The summed E-state index contributed by atoms with van der Waals surface area (Å²) >= 11 is 0. The van der Waals surface area contributed by atoms with Crippen molar-refractivity contribution in [3.8, 4) is 0 Å². The summed E-state index contributed by atoms with van der Waals surface area (Å²) < 4.78 is 5.41. The minimum absolute atomic E-state index is 0.360. The van der Waals surface area contributed by atoms with E-state index in [1.165, 1.54) is 11.9 Å². The summed E-state index contributed by atoms with van der Waals surface area (Å²) in [5, 5.41) is 6.58. The molecule has 4 N–H and O–H groups in total. The smallest absolute Gasteiger partial charge is 0.252 e. The number of morpholine rings is 1. The fourth-order valence-corrected chi connectivity index (χ4v) is 3.38. The van der Waals surface area contributed by atoms with Gasteiger partial charge in [-0.15, -0.1) is 0 Å². The van der Waals surface area contributed by atoms with Gasteiger partial charge in [-0.05, 0) is 29.8 Å². The van der Waals surface area contributed by atoms with Crippen molar-refractivity contribution >= 4 is 28.8 Å². The van der Waals surface area contributed by atoms with E-state index in [-0.39, 0.29) is 0 Å². The molecule has 1 amide bonds. The van der Waals surface area contributed by atoms with Gasteiger partial charge in [0.1, 0.15) is 5.82 Å². The van der Waals surface area contributed by atoms with E-state index in [9.17, 15) is 4.79 Å². The highest BCUT2D eigenvalue weighted by Gasteiger charge is 2.12. The summed E-state index contributed by atoms with van der Waals surface area (Å²) in [6.45, 7) is 3.90. The van der Waals surface area contributed by atoms with Crippen molar-refractivity contribution < 1.29 is 9.53 Å². The molecule has 0 saturated carbocycles. The van der Waals surface area contributed by atoms with Gasteiger partial charge < -0.3 is 26.0 Å². The molecule has 0 aliphatic carbocycles. The molecule has 1 aliphatic heterocycles. The topological polar surface area (TPSA) is 92.5 Å². The number of amides is 1. The molecule has 1 fully saturated rings. The predicted molar refractivity (Wildman–Crippen MR) is 119 cm³/mol. The van der Waals surface area contributed by atoms with Crippen LogP contribution in [-0.2, 0) is 11.3 Å². The molecule has 0 radical (unpaired) electrons. The zero-order valence-electron chi connectivity index (χ0n) is 16.7. The van der Waals surface area contributed by atoms with E-state index < -0.39 is 5.91 Å². The number of pyridine rings is 1. The van der Waals surface area contributed by atoms with Gasteiger partial charge in [0, 0.05) is 43.3 Å². The molecule has 0 spiro atoms. The van der Waals surface area contributed by atoms with E-state index in [1.807, 2.05) is 42.5 Å². The Morgan fingerprint density at radius 2 is 1.80 bits per heavy atom. The van der Waals surface area contributed by atoms with Gasteiger partial charge >= 0.3 is 0 Å². The first-order valence-electron chi connectivity index (χ1n) is 9.96. The molecule has 4 rings (SSSR count). The van der Waals surface area contributed by atoms with Crippen LogP contribution >= 0.6 is 0 Å². The number of aromatic nitrogens is 1. The Balaban J connectivity index is 1.47. The molecule has 0 atom stereocenters. The number of rotatable bonds is 7. The molecule has 1 aliphatic rings. The van der Waals surface area contributed by atoms with Crippen molar-refractivity contribution in [2.75, 3.05) is 41.8 Å². The number of nitrogens with one attached hydrogen (secondary N) is 2. The molecule has 2 heterocycles. The molecule has 154 valence electrons. The lowest BCUT2D eigenvalue weighted by molar-refractivity contribution is 0.100. The molecule has 0 bridgehead atoms. The van der Waals surface area contributed by atoms with Crippen molar-refractivity contribution in [2.24, 2.45) is 5.73 Å². The summed E-state index contributed by atoms with van der Waals surface area (Å²) in [5.41, 5.74) is 9.73. The summed E-state index contributed by atoms with van der Waals surface area (Å²) in [6, 6.07) is 20.0. The molecule has 30 heavy (non-hydrogen) atoms. The third kappa shape index (κ3) is 4.87. The highest BCUT2D eigenvalue weighted by molar-refractivity contribution is 5.98. The lowest BCUT2D eigenvalue weighted by Gasteiger charge is -2.28. The molecular formula is C23H25N5O2. The molecule has 1 aromatic heterocycles. The zero-order chi connectivity index (χ0) is 20.8. The molecule has 7 nitrogen and oxygen atoms in total. The third-order valence-corrected chi connectivity index (χ3v) is 5.01. The van der Waals surface area contributed by atoms with E-state index >= 15 is 0 Å². The molecule has 0 unspecified atom stereocenters. The Morgan fingerprint density at radius 3 is 2.50 bits per heavy atom. The largest absolute Gasteiger partial charge is 0.380 e. The molecule has 1 saturated heterocycles. The molecule has 2 aromatic carbocycles. The predicted octanol–water partition coefficient (Wildman–Crippen LogP) is 3.37. The Hall–Kier alpha value is -3.58. The second-order valence-electron chi connectivity index (χ2n) is 7.09. The van der Waals surface area contributed by atoms with Gasteiger partial charge in [-0.25, -0.2) is 4.98 Å². The Kier molecular flexibility index (Phi) is 6.10. The van der Waals surface area contributed by atoms with Crippen molar-refractivity contribution in [2.45, 2.75) is 6.54 Å². The van der Waals surface area contributed by atoms with Crippen LogP contribution in [0.1, 0.15) is 15.9 Å². The van der Waals surface area contributed by atoms with Gasteiger partial charge in [0.05, 0.1) is 24.5 Å². The number of hydrogen-bond donors (Lipinski definition) is 3. The van der Waals surface area contributed by atoms with E-state index in [4.69, 9.17) is 10.5 Å². The Morgan fingerprint density at radius 1 is 1.07 bits per heavy atom. The average molecular weight is 403 g/mol. The van der Waals surface area contributed by atoms with Crippen LogP contribution in [0.5, 0.6) is 0 Å². The number of carbonyl (C=O) groups excluding carboxylic acids is 1. The van der Waals surface area contributed by atoms with Crippen LogP contribution < -0.4 is 21.3 Å². The van der Waals surface area contributed by atoms with Crippen molar-refractivity contribution in [3.63, 3.8) is 0 Å². The number of hydrogen-bond acceptors (Lipinski definition) is 6. The first-order valence-corrected chi connectivity index (χ1v) is 9.96. The SMILES string of the molecule is NC(=O)c1cnc(Nc2ccc(N3CCOCC3)cc2)cc1NCc1ccccc1. The molecule has 3 aromatic rings. The Labute approximate surface area is 175 Å². The first kappa shape index (κ1) is 19.7. The van der Waals surface area contributed by atoms with Crippen LogP contribution in [0.3, 0.4) is 0 Å². The number of nitrogens with zero attached hydrogens (tertiary/aromatic N) is 2. The maximum Gasteiger partial charge on any atom is 0.252 e. The Bertz CT molecular complexity index is 986. The van der Waals surface area contributed by atoms with Crippen LogP contribution in [0.4, 0.5) is 22.9 Å². The quantitative estimate of drug-likeness (QED) is 0.560. The summed E-state index contributed by atoms with van der Waals surface area (Å²) in [7, 11) is 0. The standard InChI is InChI=1S/C23H25N5O2/c24-23(29)20-16-26-22(14-21(20)25-15-17-4-2-1-3-5-17)27-18-6-8-19(9-7-18)28-10-12-30-13-11-28/h1-9,14,16H,10-13,15H2,(H2,24,29)(H2,25,26,27). The fraction of sp³-hybridized carbons (Fsp3) is 0.217. The van der Waals surface area contributed by atoms with Crippen LogP contribution in [0.15, 0.2) is 66.9 Å². The zero-order valence-corrected chi connectivity index (χ0v) is 16.7. The number of primary amides is 1. The number of nitrogens with two attached hydrogens (primary N) is 1. The lowest BCUT2D eigenvalue weighted by atomic mass is 10.2. The maximum absolute atomic E-state index is 11.8. The van der Waals surface area contributed by atoms with Gasteiger partial charge in [-0.1, -0.05) is 30.3 Å². The summed E-state index contributed by atoms with van der Waals surface area (Å²) in [5.74, 6) is 0.120. The van der Waals surface area contributed by atoms with Gasteiger partial charge in [0.15, 0.2) is 0 Å². The first-order chi connectivity index (χ1) is 14.7. The second kappa shape index (κ2) is 9.28. The normalized spacial score (nSPS) is 13.7. The average Bonchev–Trinajstić information content (AvgIpc) is 2.79. The van der Waals surface area contributed by atoms with Gasteiger partial charge in [0.25, 0.3) is 5.91 Å². The lowest BCUT2D eigenvalue weighted by Crippen LogP contribution is -2.36. The van der Waals surface area contributed by atoms with E-state index in [2.05, 4.69) is 32.7 Å². The van der Waals surface area contributed by atoms with E-state index in [0.717, 1.165) is 37.6 Å². The second-order valence-corrected chi connectivity index (χ2v) is 7.09. The van der Waals surface area contributed by atoms with Gasteiger partial charge in [-0.3, -0.25) is 4.79 Å². The van der Waals surface area contributed by atoms with Gasteiger partial charge in [-0.2, -0.15) is 0 Å². The van der Waals surface area contributed by atoms with Crippen molar-refractivity contribution in [3.05, 3.63) is 78.0 Å². The monoisotopic (exact) mass is 403 g/mol. The van der Waals surface area contributed by atoms with Crippen LogP contribution in [0.25, 0.3) is 0 Å². The highest BCUT2D eigenvalue weighted by Crippen LogP contribution is 2.24. The number of carbonyl (C=O) groups is 1. The van der Waals surface area contributed by atoms with Crippen LogP contribution in [0, 0.1) is 0 Å². The van der Waals surface area contributed by atoms with Crippen molar-refractivity contribution in [1.82, 2.24) is 4.98 Å². The summed E-state index contributed by atoms with van der Waals surface area (Å²) in [6.07, 6.45) is 1.50. The fourth-order valence-electron chi connectivity index (χ4n) is 3.38. The summed E-state index contributed by atoms with van der Waals surface area (Å²) in [4.78, 5) is 18.4. The van der Waals surface area contributed by atoms with Crippen molar-refractivity contribution in [1.29, 1.82) is 0 Å². The number of ether oxygens (including phenoxy) is 1. The van der Waals surface area contributed by atoms with Gasteiger partial charge in [0.2, 0.25) is 0 Å². The highest BCUT2D eigenvalue weighted by atomic mass is 16.5. The maximum atomic E-state index is 11.8. The number of anilines is 4. The minimum Gasteiger partial charge on any atom is -0.380 e. The third-order valence-electron chi connectivity index (χ3n) is 5.01. The van der Waals surface area contributed by atoms with E-state index in [0.29, 0.717) is 23.6 Å². The molecular weight excluding hydrogens is 378 g/mol. The van der Waals surface area contributed by atoms with E-state index in [1.54, 1.807) is 6.07 Å². The molecule has 7 heteroatoms. The minimum atomic E-state index is -0.514. The van der Waals surface area contributed by atoms with Crippen LogP contribution in [-0.4, -0.2) is 37.2 Å². The van der Waals surface area contributed by atoms with Crippen LogP contribution in [0.2, 0.25) is 0 Å².